The van der Waals surface area contributed by atoms with Crippen LogP contribution in [0.1, 0.15) is 34.7 Å². The van der Waals surface area contributed by atoms with Crippen molar-refractivity contribution in [2.24, 2.45) is 0 Å². The summed E-state index contributed by atoms with van der Waals surface area (Å²) in [5, 5.41) is 5.40. The van der Waals surface area contributed by atoms with Gasteiger partial charge < -0.3 is 23.5 Å². The molecule has 0 bridgehead atoms. The average molecular weight is 522 g/mol. The summed E-state index contributed by atoms with van der Waals surface area (Å²) in [5.41, 5.74) is 2.26. The fraction of sp³-hybridized carbons (Fsp3) is 0.286. The summed E-state index contributed by atoms with van der Waals surface area (Å²) >= 11 is 6.14. The van der Waals surface area contributed by atoms with Crippen LogP contribution < -0.4 is 9.47 Å². The molecule has 4 aromatic rings. The highest BCUT2D eigenvalue weighted by molar-refractivity contribution is 6.30. The molecule has 1 atom stereocenters. The number of ether oxygens (including phenoxy) is 3. The number of amides is 1. The van der Waals surface area contributed by atoms with Gasteiger partial charge in [-0.3, -0.25) is 4.79 Å². The van der Waals surface area contributed by atoms with Crippen LogP contribution >= 0.6 is 11.6 Å². The van der Waals surface area contributed by atoms with Gasteiger partial charge in [-0.1, -0.05) is 23.7 Å². The number of aryl methyl sites for hydroxylation is 1. The molecule has 37 heavy (non-hydrogen) atoms. The molecule has 1 fully saturated rings. The van der Waals surface area contributed by atoms with Crippen molar-refractivity contribution >= 4 is 17.5 Å². The molecule has 1 aliphatic heterocycles. The summed E-state index contributed by atoms with van der Waals surface area (Å²) < 4.78 is 25.0. The Bertz CT molecular complexity index is 1340. The summed E-state index contributed by atoms with van der Waals surface area (Å²) in [6.07, 6.45) is 3.33. The van der Waals surface area contributed by atoms with E-state index in [0.29, 0.717) is 35.6 Å². The first kappa shape index (κ1) is 24.9. The molecular weight excluding hydrogens is 494 g/mol. The molecule has 0 saturated carbocycles. The molecule has 1 amide bonds. The van der Waals surface area contributed by atoms with E-state index < -0.39 is 0 Å². The lowest BCUT2D eigenvalue weighted by molar-refractivity contribution is 0.0482. The number of rotatable bonds is 9. The Hall–Kier alpha value is -3.75. The number of para-hydroxylation sites is 2. The van der Waals surface area contributed by atoms with Crippen molar-refractivity contribution in [3.05, 3.63) is 89.0 Å². The lowest BCUT2D eigenvalue weighted by Gasteiger charge is -2.25. The quantitative estimate of drug-likeness (QED) is 0.267. The number of benzene rings is 2. The highest BCUT2D eigenvalue weighted by atomic mass is 35.5. The van der Waals surface area contributed by atoms with Crippen molar-refractivity contribution in [1.29, 1.82) is 0 Å². The van der Waals surface area contributed by atoms with E-state index in [-0.39, 0.29) is 24.3 Å². The minimum atomic E-state index is -0.220. The minimum absolute atomic E-state index is 0.0379. The number of hydrogen-bond acceptors (Lipinski definition) is 6. The van der Waals surface area contributed by atoms with Gasteiger partial charge in [0.1, 0.15) is 0 Å². The Morgan fingerprint density at radius 2 is 1.92 bits per heavy atom. The van der Waals surface area contributed by atoms with Crippen molar-refractivity contribution in [2.75, 3.05) is 20.3 Å². The highest BCUT2D eigenvalue weighted by Gasteiger charge is 2.29. The Labute approximate surface area is 220 Å². The van der Waals surface area contributed by atoms with Crippen molar-refractivity contribution in [2.45, 2.75) is 32.4 Å². The number of furan rings is 1. The summed E-state index contributed by atoms with van der Waals surface area (Å²) in [4.78, 5) is 15.2. The van der Waals surface area contributed by atoms with Crippen LogP contribution in [0.4, 0.5) is 0 Å². The van der Waals surface area contributed by atoms with E-state index in [4.69, 9.17) is 35.3 Å². The van der Waals surface area contributed by atoms with Gasteiger partial charge in [0.05, 0.1) is 43.0 Å². The number of hydrogen-bond donors (Lipinski definition) is 0. The molecule has 9 heteroatoms. The number of halogens is 1. The van der Waals surface area contributed by atoms with E-state index in [1.54, 1.807) is 41.0 Å². The number of carbonyl (C=O) groups excluding carboxylic acids is 1. The van der Waals surface area contributed by atoms with Crippen molar-refractivity contribution < 1.29 is 23.4 Å². The molecule has 1 aliphatic rings. The maximum absolute atomic E-state index is 13.5. The van der Waals surface area contributed by atoms with Crippen molar-refractivity contribution in [3.8, 4) is 23.1 Å². The summed E-state index contributed by atoms with van der Waals surface area (Å²) in [5.74, 6) is 1.64. The summed E-state index contributed by atoms with van der Waals surface area (Å²) in [6, 6.07) is 18.1. The van der Waals surface area contributed by atoms with Gasteiger partial charge in [0.15, 0.2) is 17.3 Å². The predicted octanol–water partition coefficient (Wildman–Crippen LogP) is 6.05. The van der Waals surface area contributed by atoms with Gasteiger partial charge in [0.2, 0.25) is 5.88 Å². The molecule has 2 aromatic carbocycles. The first-order chi connectivity index (χ1) is 18.0. The van der Waals surface area contributed by atoms with Crippen LogP contribution in [0.25, 0.3) is 5.69 Å². The Morgan fingerprint density at radius 3 is 2.59 bits per heavy atom. The first-order valence-corrected chi connectivity index (χ1v) is 12.5. The van der Waals surface area contributed by atoms with Gasteiger partial charge in [-0.05, 0) is 68.3 Å². The molecule has 0 radical (unpaired) electrons. The SMILES string of the molecule is COc1ccccc1Oc1c(CN(C[C@H]2CCCO2)C(=O)c2ccco2)c(C)nn1-c1ccc(Cl)cc1. The second kappa shape index (κ2) is 11.1. The van der Waals surface area contributed by atoms with Gasteiger partial charge in [-0.2, -0.15) is 5.10 Å². The molecule has 2 aromatic heterocycles. The molecule has 0 unspecified atom stereocenters. The van der Waals surface area contributed by atoms with Crippen LogP contribution in [0, 0.1) is 6.92 Å². The molecule has 8 nitrogen and oxygen atoms in total. The average Bonchev–Trinajstić information content (AvgIpc) is 3.68. The maximum atomic E-state index is 13.5. The third-order valence-electron chi connectivity index (χ3n) is 6.30. The van der Waals surface area contributed by atoms with Gasteiger partial charge in [0.25, 0.3) is 5.91 Å². The molecule has 1 saturated heterocycles. The fourth-order valence-electron chi connectivity index (χ4n) is 4.39. The summed E-state index contributed by atoms with van der Waals surface area (Å²) in [7, 11) is 1.59. The van der Waals surface area contributed by atoms with Gasteiger partial charge >= 0.3 is 0 Å². The third-order valence-corrected chi connectivity index (χ3v) is 6.55. The zero-order valence-corrected chi connectivity index (χ0v) is 21.5. The van der Waals surface area contributed by atoms with E-state index in [1.807, 2.05) is 43.3 Å². The number of carbonyl (C=O) groups is 1. The molecule has 0 N–H and O–H groups in total. The van der Waals surface area contributed by atoms with E-state index in [9.17, 15) is 4.79 Å². The third kappa shape index (κ3) is 5.50. The van der Waals surface area contributed by atoms with Crippen molar-refractivity contribution in [3.63, 3.8) is 0 Å². The Morgan fingerprint density at radius 1 is 1.14 bits per heavy atom. The first-order valence-electron chi connectivity index (χ1n) is 12.1. The van der Waals surface area contributed by atoms with Crippen LogP contribution in [0.5, 0.6) is 17.4 Å². The normalized spacial score (nSPS) is 15.1. The van der Waals surface area contributed by atoms with Crippen LogP contribution in [-0.4, -0.2) is 47.0 Å². The molecule has 5 rings (SSSR count). The van der Waals surface area contributed by atoms with E-state index in [0.717, 1.165) is 29.8 Å². The maximum Gasteiger partial charge on any atom is 0.289 e. The van der Waals surface area contributed by atoms with Crippen LogP contribution in [-0.2, 0) is 11.3 Å². The zero-order chi connectivity index (χ0) is 25.8. The van der Waals surface area contributed by atoms with Crippen LogP contribution in [0.3, 0.4) is 0 Å². The molecular formula is C28H28ClN3O5. The van der Waals surface area contributed by atoms with Gasteiger partial charge in [-0.15, -0.1) is 0 Å². The summed E-state index contributed by atoms with van der Waals surface area (Å²) in [6.45, 7) is 3.28. The van der Waals surface area contributed by atoms with Gasteiger partial charge in [-0.25, -0.2) is 4.68 Å². The second-order valence-corrected chi connectivity index (χ2v) is 9.24. The lowest BCUT2D eigenvalue weighted by Crippen LogP contribution is -2.37. The highest BCUT2D eigenvalue weighted by Crippen LogP contribution is 2.36. The zero-order valence-electron chi connectivity index (χ0n) is 20.7. The Balaban J connectivity index is 1.56. The van der Waals surface area contributed by atoms with E-state index >= 15 is 0 Å². The second-order valence-electron chi connectivity index (χ2n) is 8.81. The lowest BCUT2D eigenvalue weighted by atomic mass is 10.1. The van der Waals surface area contributed by atoms with Gasteiger partial charge in [0, 0.05) is 18.2 Å². The van der Waals surface area contributed by atoms with Crippen LogP contribution in [0.2, 0.25) is 5.02 Å². The molecule has 192 valence electrons. The van der Waals surface area contributed by atoms with Crippen molar-refractivity contribution in [1.82, 2.24) is 14.7 Å². The number of aromatic nitrogens is 2. The molecule has 0 aliphatic carbocycles. The largest absolute Gasteiger partial charge is 0.493 e. The minimum Gasteiger partial charge on any atom is -0.493 e. The predicted molar refractivity (Wildman–Crippen MR) is 139 cm³/mol. The van der Waals surface area contributed by atoms with E-state index in [2.05, 4.69) is 0 Å². The topological polar surface area (TPSA) is 79.0 Å². The van der Waals surface area contributed by atoms with E-state index in [1.165, 1.54) is 6.26 Å². The standard InChI is InChI=1S/C28H28ClN3O5/c1-19-23(18-31(17-22-7-5-15-35-22)27(33)26-10-6-16-36-26)28(37-25-9-4-3-8-24(25)34-2)32(30-19)21-13-11-20(29)12-14-21/h3-4,6,8-14,16,22H,5,7,15,17-18H2,1-2H3/t22-/m1/s1. The number of nitrogens with zero attached hydrogens (tertiary/aromatic N) is 3. The number of methoxy groups -OCH3 is 1. The molecule has 0 spiro atoms. The fourth-order valence-corrected chi connectivity index (χ4v) is 4.52. The smallest absolute Gasteiger partial charge is 0.289 e. The Kier molecular flexibility index (Phi) is 7.48. The van der Waals surface area contributed by atoms with Crippen LogP contribution in [0.15, 0.2) is 71.3 Å². The monoisotopic (exact) mass is 521 g/mol. The molecule has 3 heterocycles.